The van der Waals surface area contributed by atoms with Crippen LogP contribution in [0.2, 0.25) is 0 Å². The van der Waals surface area contributed by atoms with Crippen LogP contribution in [0.25, 0.3) is 0 Å². The molecule has 0 bridgehead atoms. The molecule has 4 rings (SSSR count). The van der Waals surface area contributed by atoms with E-state index in [-0.39, 0.29) is 5.56 Å². The summed E-state index contributed by atoms with van der Waals surface area (Å²) in [6.07, 6.45) is 3.29. The van der Waals surface area contributed by atoms with E-state index < -0.39 is 0 Å². The molecule has 3 heterocycles. The van der Waals surface area contributed by atoms with E-state index in [4.69, 9.17) is 4.74 Å². The van der Waals surface area contributed by atoms with Gasteiger partial charge in [-0.1, -0.05) is 18.2 Å². The number of pyridine rings is 1. The summed E-state index contributed by atoms with van der Waals surface area (Å²) in [6, 6.07) is 14.9. The minimum atomic E-state index is -0.0840. The van der Waals surface area contributed by atoms with Crippen molar-refractivity contribution in [1.82, 2.24) is 15.0 Å². The van der Waals surface area contributed by atoms with Gasteiger partial charge in [-0.15, -0.1) is 0 Å². The van der Waals surface area contributed by atoms with E-state index in [0.717, 1.165) is 43.4 Å². The summed E-state index contributed by atoms with van der Waals surface area (Å²) in [4.78, 5) is 27.0. The van der Waals surface area contributed by atoms with Crippen LogP contribution < -0.4 is 20.1 Å². The van der Waals surface area contributed by atoms with Crippen molar-refractivity contribution in [2.24, 2.45) is 0 Å². The largest absolute Gasteiger partial charge is 0.439 e. The summed E-state index contributed by atoms with van der Waals surface area (Å²) < 4.78 is 5.79. The molecule has 1 aliphatic heterocycles. The number of hydrogen-bond donors (Lipinski definition) is 1. The van der Waals surface area contributed by atoms with Crippen molar-refractivity contribution >= 4 is 11.5 Å². The zero-order chi connectivity index (χ0) is 17.8. The maximum atomic E-state index is 11.2. The molecule has 7 heteroatoms. The molecule has 1 N–H and O–H groups in total. The van der Waals surface area contributed by atoms with Crippen LogP contribution in [-0.4, -0.2) is 41.1 Å². The number of aromatic amines is 1. The molecule has 0 radical (unpaired) electrons. The fourth-order valence-corrected chi connectivity index (χ4v) is 2.96. The summed E-state index contributed by atoms with van der Waals surface area (Å²) in [7, 11) is 0. The van der Waals surface area contributed by atoms with Gasteiger partial charge in [0.1, 0.15) is 17.9 Å². The highest BCUT2D eigenvalue weighted by Gasteiger charge is 2.19. The van der Waals surface area contributed by atoms with Crippen molar-refractivity contribution in [2.75, 3.05) is 36.0 Å². The summed E-state index contributed by atoms with van der Waals surface area (Å²) >= 11 is 0. The van der Waals surface area contributed by atoms with Crippen LogP contribution in [0.15, 0.2) is 65.8 Å². The van der Waals surface area contributed by atoms with Crippen LogP contribution in [0, 0.1) is 0 Å². The Hall–Kier alpha value is -3.35. The van der Waals surface area contributed by atoms with Gasteiger partial charge in [0.25, 0.3) is 0 Å². The van der Waals surface area contributed by atoms with E-state index in [1.54, 1.807) is 12.3 Å². The summed E-state index contributed by atoms with van der Waals surface area (Å²) in [6.45, 7) is 3.37. The van der Waals surface area contributed by atoms with E-state index in [2.05, 4.69) is 24.8 Å². The Morgan fingerprint density at radius 2 is 1.69 bits per heavy atom. The van der Waals surface area contributed by atoms with Crippen molar-refractivity contribution in [3.63, 3.8) is 0 Å². The predicted molar refractivity (Wildman–Crippen MR) is 100 cm³/mol. The van der Waals surface area contributed by atoms with Gasteiger partial charge in [-0.25, -0.2) is 9.97 Å². The highest BCUT2D eigenvalue weighted by molar-refractivity contribution is 5.48. The van der Waals surface area contributed by atoms with E-state index in [9.17, 15) is 4.79 Å². The van der Waals surface area contributed by atoms with Gasteiger partial charge < -0.3 is 19.5 Å². The second kappa shape index (κ2) is 7.26. The quantitative estimate of drug-likeness (QED) is 0.779. The molecule has 0 unspecified atom stereocenters. The number of H-pyrrole nitrogens is 1. The Balaban J connectivity index is 1.42. The molecule has 0 spiro atoms. The summed E-state index contributed by atoms with van der Waals surface area (Å²) in [5.74, 6) is 2.14. The highest BCUT2D eigenvalue weighted by atomic mass is 16.5. The Morgan fingerprint density at radius 1 is 0.923 bits per heavy atom. The molecule has 0 aliphatic carbocycles. The fraction of sp³-hybridized carbons (Fsp3) is 0.211. The smallest absolute Gasteiger partial charge is 0.248 e. The van der Waals surface area contributed by atoms with Gasteiger partial charge in [0.05, 0.1) is 5.69 Å². The van der Waals surface area contributed by atoms with Gasteiger partial charge in [0.15, 0.2) is 0 Å². The van der Waals surface area contributed by atoms with Gasteiger partial charge in [0, 0.05) is 44.5 Å². The molecule has 1 fully saturated rings. The topological polar surface area (TPSA) is 74.3 Å². The van der Waals surface area contributed by atoms with E-state index in [1.807, 2.05) is 42.5 Å². The van der Waals surface area contributed by atoms with Gasteiger partial charge in [-0.2, -0.15) is 0 Å². The number of nitrogens with one attached hydrogen (secondary N) is 1. The number of ether oxygens (including phenoxy) is 1. The van der Waals surface area contributed by atoms with Crippen LogP contribution in [0.1, 0.15) is 0 Å². The molecule has 0 amide bonds. The highest BCUT2D eigenvalue weighted by Crippen LogP contribution is 2.23. The Bertz CT molecular complexity index is 900. The molecule has 1 aliphatic rings. The average molecular weight is 349 g/mol. The molecule has 3 aromatic rings. The van der Waals surface area contributed by atoms with Gasteiger partial charge >= 0.3 is 0 Å². The number of piperazine rings is 1. The first-order chi connectivity index (χ1) is 12.8. The maximum absolute atomic E-state index is 11.2. The first-order valence-corrected chi connectivity index (χ1v) is 8.51. The van der Waals surface area contributed by atoms with Crippen molar-refractivity contribution in [3.8, 4) is 11.6 Å². The van der Waals surface area contributed by atoms with Crippen LogP contribution in [-0.2, 0) is 0 Å². The lowest BCUT2D eigenvalue weighted by Crippen LogP contribution is -2.47. The van der Waals surface area contributed by atoms with Crippen molar-refractivity contribution in [1.29, 1.82) is 0 Å². The Morgan fingerprint density at radius 3 is 2.42 bits per heavy atom. The first kappa shape index (κ1) is 16.1. The molecular weight excluding hydrogens is 330 g/mol. The second-order valence-electron chi connectivity index (χ2n) is 6.01. The zero-order valence-corrected chi connectivity index (χ0v) is 14.2. The fourth-order valence-electron chi connectivity index (χ4n) is 2.96. The van der Waals surface area contributed by atoms with Gasteiger partial charge in [0.2, 0.25) is 11.4 Å². The van der Waals surface area contributed by atoms with Crippen LogP contribution >= 0.6 is 0 Å². The minimum Gasteiger partial charge on any atom is -0.439 e. The predicted octanol–water partition coefficient (Wildman–Crippen LogP) is 2.28. The molecule has 132 valence electrons. The molecule has 7 nitrogen and oxygen atoms in total. The molecule has 0 atom stereocenters. The molecule has 1 saturated heterocycles. The first-order valence-electron chi connectivity index (χ1n) is 8.51. The lowest BCUT2D eigenvalue weighted by atomic mass is 10.2. The summed E-state index contributed by atoms with van der Waals surface area (Å²) in [5, 5.41) is 0. The lowest BCUT2D eigenvalue weighted by molar-refractivity contribution is 0.461. The van der Waals surface area contributed by atoms with Crippen molar-refractivity contribution < 1.29 is 4.74 Å². The number of nitrogens with zero attached hydrogens (tertiary/aromatic N) is 4. The van der Waals surface area contributed by atoms with Gasteiger partial charge in [-0.05, 0) is 18.2 Å². The van der Waals surface area contributed by atoms with Crippen LogP contribution in [0.5, 0.6) is 11.6 Å². The molecule has 26 heavy (non-hydrogen) atoms. The lowest BCUT2D eigenvalue weighted by Gasteiger charge is -2.36. The zero-order valence-electron chi connectivity index (χ0n) is 14.2. The SMILES string of the molecule is O=c1ccc(N2CCN(c3cc(Oc4ccccc4)ncn3)CC2)c[nH]1. The summed E-state index contributed by atoms with van der Waals surface area (Å²) in [5.41, 5.74) is 0.944. The molecular formula is C19H19N5O2. The van der Waals surface area contributed by atoms with Crippen molar-refractivity contribution in [2.45, 2.75) is 0 Å². The standard InChI is InChI=1S/C19H19N5O2/c25-18-7-6-15(13-20-18)23-8-10-24(11-9-23)17-12-19(22-14-21-17)26-16-4-2-1-3-5-16/h1-7,12-14H,8-11H2,(H,20,25). The third-order valence-corrected chi connectivity index (χ3v) is 4.33. The normalized spacial score (nSPS) is 14.3. The number of hydrogen-bond acceptors (Lipinski definition) is 6. The average Bonchev–Trinajstić information content (AvgIpc) is 2.70. The van der Waals surface area contributed by atoms with E-state index in [1.165, 1.54) is 6.33 Å². The number of anilines is 2. The van der Waals surface area contributed by atoms with Crippen LogP contribution in [0.4, 0.5) is 11.5 Å². The number of aromatic nitrogens is 3. The monoisotopic (exact) mass is 349 g/mol. The van der Waals surface area contributed by atoms with E-state index >= 15 is 0 Å². The van der Waals surface area contributed by atoms with Gasteiger partial charge in [-0.3, -0.25) is 4.79 Å². The number of para-hydroxylation sites is 1. The van der Waals surface area contributed by atoms with E-state index in [0.29, 0.717) is 5.88 Å². The molecule has 2 aromatic heterocycles. The van der Waals surface area contributed by atoms with Crippen molar-refractivity contribution in [3.05, 3.63) is 71.4 Å². The second-order valence-corrected chi connectivity index (χ2v) is 6.01. The molecule has 1 aromatic carbocycles. The third kappa shape index (κ3) is 3.66. The number of rotatable bonds is 4. The molecule has 0 saturated carbocycles. The van der Waals surface area contributed by atoms with Crippen LogP contribution in [0.3, 0.4) is 0 Å². The maximum Gasteiger partial charge on any atom is 0.248 e. The number of benzene rings is 1. The Kier molecular flexibility index (Phi) is 4.51. The minimum absolute atomic E-state index is 0.0840. The Labute approximate surface area is 150 Å². The third-order valence-electron chi connectivity index (χ3n) is 4.33.